The molecule has 3 amide bonds. The van der Waals surface area contributed by atoms with Gasteiger partial charge in [0, 0.05) is 25.0 Å². The number of rotatable bonds is 4. The maximum absolute atomic E-state index is 12.0. The molecule has 1 fully saturated rings. The van der Waals surface area contributed by atoms with Gasteiger partial charge in [0.25, 0.3) is 5.91 Å². The number of aryl methyl sites for hydroxylation is 1. The summed E-state index contributed by atoms with van der Waals surface area (Å²) in [5, 5.41) is 2.61. The number of aromatic nitrogens is 1. The van der Waals surface area contributed by atoms with E-state index < -0.39 is 0 Å². The smallest absolute Gasteiger partial charge is 0.329 e. The van der Waals surface area contributed by atoms with Crippen LogP contribution in [0.3, 0.4) is 0 Å². The van der Waals surface area contributed by atoms with Gasteiger partial charge in [-0.1, -0.05) is 6.92 Å². The fourth-order valence-corrected chi connectivity index (χ4v) is 1.99. The Morgan fingerprint density at radius 3 is 2.78 bits per heavy atom. The number of carbonyl (C=O) groups is 2. The van der Waals surface area contributed by atoms with E-state index in [2.05, 4.69) is 5.32 Å². The Balaban J connectivity index is 2.25. The van der Waals surface area contributed by atoms with Crippen LogP contribution in [-0.4, -0.2) is 28.0 Å². The van der Waals surface area contributed by atoms with Crippen molar-refractivity contribution in [2.45, 2.75) is 26.8 Å². The van der Waals surface area contributed by atoms with E-state index >= 15 is 0 Å². The lowest BCUT2D eigenvalue weighted by Gasteiger charge is -2.08. The minimum Gasteiger partial charge on any atom is -0.348 e. The maximum Gasteiger partial charge on any atom is 0.329 e. The van der Waals surface area contributed by atoms with Crippen LogP contribution >= 0.6 is 0 Å². The van der Waals surface area contributed by atoms with Crippen molar-refractivity contribution in [3.63, 3.8) is 0 Å². The first-order valence-corrected chi connectivity index (χ1v) is 6.17. The predicted molar refractivity (Wildman–Crippen MR) is 68.6 cm³/mol. The number of hydrogen-bond acceptors (Lipinski definition) is 2. The van der Waals surface area contributed by atoms with Crippen molar-refractivity contribution in [1.82, 2.24) is 14.8 Å². The summed E-state index contributed by atoms with van der Waals surface area (Å²) in [5.41, 5.74) is 1.27. The van der Waals surface area contributed by atoms with Crippen molar-refractivity contribution >= 4 is 18.0 Å². The molecule has 1 aromatic heterocycles. The topological polar surface area (TPSA) is 54.3 Å². The zero-order chi connectivity index (χ0) is 13.1. The Labute approximate surface area is 106 Å². The third-order valence-corrected chi connectivity index (χ3v) is 2.91. The second-order valence-electron chi connectivity index (χ2n) is 4.16. The van der Waals surface area contributed by atoms with Crippen molar-refractivity contribution in [3.05, 3.63) is 29.7 Å². The monoisotopic (exact) mass is 247 g/mol. The number of nitrogens with zero attached hydrogens (tertiary/aromatic N) is 2. The van der Waals surface area contributed by atoms with Gasteiger partial charge in [0.1, 0.15) is 5.70 Å². The summed E-state index contributed by atoms with van der Waals surface area (Å²) in [6.07, 6.45) is 4.43. The molecule has 2 heterocycles. The third kappa shape index (κ3) is 2.16. The molecule has 1 aromatic rings. The lowest BCUT2D eigenvalue weighted by molar-refractivity contribution is -0.122. The van der Waals surface area contributed by atoms with E-state index in [0.717, 1.165) is 18.7 Å². The zero-order valence-electron chi connectivity index (χ0n) is 10.6. The number of hydrogen-bond donors (Lipinski definition) is 1. The fraction of sp³-hybridized carbons (Fsp3) is 0.385. The molecule has 96 valence electrons. The van der Waals surface area contributed by atoms with Crippen molar-refractivity contribution in [2.75, 3.05) is 6.54 Å². The van der Waals surface area contributed by atoms with E-state index in [1.54, 1.807) is 6.08 Å². The van der Waals surface area contributed by atoms with E-state index in [9.17, 15) is 9.59 Å². The average Bonchev–Trinajstić information content (AvgIpc) is 2.90. The van der Waals surface area contributed by atoms with Gasteiger partial charge in [0.05, 0.1) is 0 Å². The van der Waals surface area contributed by atoms with E-state index in [1.165, 1.54) is 4.90 Å². The van der Waals surface area contributed by atoms with Gasteiger partial charge in [0.2, 0.25) is 0 Å². The first-order chi connectivity index (χ1) is 8.67. The lowest BCUT2D eigenvalue weighted by atomic mass is 10.3. The molecular weight excluding hydrogens is 230 g/mol. The molecule has 1 aliphatic rings. The third-order valence-electron chi connectivity index (χ3n) is 2.91. The SMILES string of the molecule is CCCN1C(=O)N/C(=C/c2cccn2CC)C1=O. The minimum absolute atomic E-state index is 0.245. The molecule has 2 rings (SSSR count). The molecular formula is C13H17N3O2. The molecule has 18 heavy (non-hydrogen) atoms. The Bertz CT molecular complexity index is 502. The second-order valence-corrected chi connectivity index (χ2v) is 4.16. The first kappa shape index (κ1) is 12.4. The van der Waals surface area contributed by atoms with E-state index in [0.29, 0.717) is 12.2 Å². The maximum atomic E-state index is 12.0. The fourth-order valence-electron chi connectivity index (χ4n) is 1.99. The zero-order valence-corrected chi connectivity index (χ0v) is 10.6. The molecule has 0 aromatic carbocycles. The summed E-state index contributed by atoms with van der Waals surface area (Å²) in [4.78, 5) is 24.9. The van der Waals surface area contributed by atoms with Gasteiger partial charge >= 0.3 is 6.03 Å². The highest BCUT2D eigenvalue weighted by Crippen LogP contribution is 2.14. The molecule has 0 spiro atoms. The van der Waals surface area contributed by atoms with Crippen molar-refractivity contribution in [3.8, 4) is 0 Å². The van der Waals surface area contributed by atoms with Gasteiger partial charge in [-0.05, 0) is 31.6 Å². The van der Waals surface area contributed by atoms with Gasteiger partial charge in [-0.25, -0.2) is 4.79 Å². The normalized spacial score (nSPS) is 17.7. The number of amides is 3. The molecule has 5 heteroatoms. The quantitative estimate of drug-likeness (QED) is 0.651. The molecule has 0 unspecified atom stereocenters. The van der Waals surface area contributed by atoms with E-state index in [4.69, 9.17) is 0 Å². The predicted octanol–water partition coefficient (Wildman–Crippen LogP) is 1.81. The van der Waals surface area contributed by atoms with Crippen LogP contribution in [0.1, 0.15) is 26.0 Å². The van der Waals surface area contributed by atoms with Crippen LogP contribution in [0.25, 0.3) is 6.08 Å². The second kappa shape index (κ2) is 5.08. The van der Waals surface area contributed by atoms with Crippen LogP contribution in [0.5, 0.6) is 0 Å². The summed E-state index contributed by atoms with van der Waals surface area (Å²) < 4.78 is 2.01. The highest BCUT2D eigenvalue weighted by atomic mass is 16.2. The Kier molecular flexibility index (Phi) is 3.50. The van der Waals surface area contributed by atoms with Crippen LogP contribution in [0.4, 0.5) is 4.79 Å². The largest absolute Gasteiger partial charge is 0.348 e. The molecule has 0 radical (unpaired) electrons. The van der Waals surface area contributed by atoms with Gasteiger partial charge in [-0.3, -0.25) is 9.69 Å². The summed E-state index contributed by atoms with van der Waals surface area (Å²) in [7, 11) is 0. The summed E-state index contributed by atoms with van der Waals surface area (Å²) >= 11 is 0. The van der Waals surface area contributed by atoms with Gasteiger partial charge in [-0.2, -0.15) is 0 Å². The highest BCUT2D eigenvalue weighted by Gasteiger charge is 2.32. The summed E-state index contributed by atoms with van der Waals surface area (Å²) in [6.45, 7) is 5.24. The summed E-state index contributed by atoms with van der Waals surface area (Å²) in [6, 6.07) is 3.50. The Hall–Kier alpha value is -2.04. The Morgan fingerprint density at radius 2 is 2.11 bits per heavy atom. The molecule has 0 bridgehead atoms. The minimum atomic E-state index is -0.331. The highest BCUT2D eigenvalue weighted by molar-refractivity contribution is 6.13. The molecule has 1 N–H and O–H groups in total. The lowest BCUT2D eigenvalue weighted by Crippen LogP contribution is -2.31. The number of imide groups is 1. The molecule has 5 nitrogen and oxygen atoms in total. The van der Waals surface area contributed by atoms with E-state index in [1.807, 2.05) is 36.7 Å². The molecule has 1 aliphatic heterocycles. The molecule has 0 atom stereocenters. The molecule has 0 saturated carbocycles. The van der Waals surface area contributed by atoms with Crippen molar-refractivity contribution < 1.29 is 9.59 Å². The van der Waals surface area contributed by atoms with Crippen LogP contribution in [0.2, 0.25) is 0 Å². The number of urea groups is 1. The standard InChI is InChI=1S/C13H17N3O2/c1-3-7-16-12(17)11(14-13(16)18)9-10-6-5-8-15(10)4-2/h5-6,8-9H,3-4,7H2,1-2H3,(H,14,18)/b11-9+. The molecule has 1 saturated heterocycles. The van der Waals surface area contributed by atoms with E-state index in [-0.39, 0.29) is 11.9 Å². The van der Waals surface area contributed by atoms with Crippen molar-refractivity contribution in [2.24, 2.45) is 0 Å². The van der Waals surface area contributed by atoms with Gasteiger partial charge in [0.15, 0.2) is 0 Å². The summed E-state index contributed by atoms with van der Waals surface area (Å²) in [5.74, 6) is -0.245. The van der Waals surface area contributed by atoms with Crippen molar-refractivity contribution in [1.29, 1.82) is 0 Å². The molecule has 0 aliphatic carbocycles. The van der Waals surface area contributed by atoms with Crippen LogP contribution < -0.4 is 5.32 Å². The van der Waals surface area contributed by atoms with Gasteiger partial charge in [-0.15, -0.1) is 0 Å². The first-order valence-electron chi connectivity index (χ1n) is 6.17. The average molecular weight is 247 g/mol. The van der Waals surface area contributed by atoms with Crippen LogP contribution in [0, 0.1) is 0 Å². The number of nitrogens with one attached hydrogen (secondary N) is 1. The van der Waals surface area contributed by atoms with Crippen LogP contribution in [0.15, 0.2) is 24.0 Å². The van der Waals surface area contributed by atoms with Gasteiger partial charge < -0.3 is 9.88 Å². The number of carbonyl (C=O) groups excluding carboxylic acids is 2. The van der Waals surface area contributed by atoms with Crippen LogP contribution in [-0.2, 0) is 11.3 Å². The Morgan fingerprint density at radius 1 is 1.33 bits per heavy atom.